The number of benzene rings is 1. The minimum atomic E-state index is -0.595. The Morgan fingerprint density at radius 1 is 1.47 bits per heavy atom. The van der Waals surface area contributed by atoms with E-state index in [9.17, 15) is 9.18 Å². The molecule has 100 valence electrons. The van der Waals surface area contributed by atoms with E-state index in [-0.39, 0.29) is 22.8 Å². The molecule has 0 radical (unpaired) electrons. The Labute approximate surface area is 115 Å². The fraction of sp³-hybridized carbons (Fsp3) is 0.308. The van der Waals surface area contributed by atoms with Gasteiger partial charge in [0.15, 0.2) is 5.78 Å². The summed E-state index contributed by atoms with van der Waals surface area (Å²) in [4.78, 5) is 16.2. The van der Waals surface area contributed by atoms with Gasteiger partial charge in [0.05, 0.1) is 11.4 Å². The van der Waals surface area contributed by atoms with E-state index in [0.29, 0.717) is 12.4 Å². The number of nitrogens with zero attached hydrogens (tertiary/aromatic N) is 3. The van der Waals surface area contributed by atoms with Crippen LogP contribution in [0.3, 0.4) is 0 Å². The van der Waals surface area contributed by atoms with Crippen molar-refractivity contribution in [1.82, 2.24) is 14.8 Å². The van der Waals surface area contributed by atoms with E-state index in [0.717, 1.165) is 6.42 Å². The van der Waals surface area contributed by atoms with E-state index in [1.54, 1.807) is 4.68 Å². The van der Waals surface area contributed by atoms with Crippen LogP contribution in [0.2, 0.25) is 5.02 Å². The maximum atomic E-state index is 13.3. The summed E-state index contributed by atoms with van der Waals surface area (Å²) in [5.41, 5.74) is 0.174. The summed E-state index contributed by atoms with van der Waals surface area (Å²) in [5, 5.41) is 3.89. The molecule has 0 amide bonds. The molecular weight excluding hydrogens is 269 g/mol. The van der Waals surface area contributed by atoms with Crippen LogP contribution in [-0.2, 0) is 13.0 Å². The summed E-state index contributed by atoms with van der Waals surface area (Å²) in [5.74, 6) is -0.301. The van der Waals surface area contributed by atoms with Crippen LogP contribution in [0, 0.1) is 5.82 Å². The Kier molecular flexibility index (Phi) is 4.27. The summed E-state index contributed by atoms with van der Waals surface area (Å²) < 4.78 is 15.0. The molecule has 6 heteroatoms. The van der Waals surface area contributed by atoms with E-state index in [2.05, 4.69) is 10.1 Å². The first-order valence-corrected chi connectivity index (χ1v) is 6.35. The average Bonchev–Trinajstić information content (AvgIpc) is 2.80. The molecule has 2 rings (SSSR count). The van der Waals surface area contributed by atoms with Crippen molar-refractivity contribution in [3.8, 4) is 0 Å². The van der Waals surface area contributed by atoms with E-state index in [1.807, 2.05) is 6.92 Å². The van der Waals surface area contributed by atoms with Crippen molar-refractivity contribution in [3.63, 3.8) is 0 Å². The number of ketones is 1. The van der Waals surface area contributed by atoms with Crippen molar-refractivity contribution < 1.29 is 9.18 Å². The topological polar surface area (TPSA) is 47.8 Å². The van der Waals surface area contributed by atoms with Crippen molar-refractivity contribution in [2.75, 3.05) is 0 Å². The van der Waals surface area contributed by atoms with E-state index < -0.39 is 5.82 Å². The number of hydrogen-bond acceptors (Lipinski definition) is 3. The predicted molar refractivity (Wildman–Crippen MR) is 69.8 cm³/mol. The average molecular weight is 282 g/mol. The summed E-state index contributed by atoms with van der Waals surface area (Å²) >= 11 is 5.79. The minimum Gasteiger partial charge on any atom is -0.294 e. The van der Waals surface area contributed by atoms with E-state index >= 15 is 0 Å². The minimum absolute atomic E-state index is 0.0587. The molecular formula is C13H13ClFN3O. The lowest BCUT2D eigenvalue weighted by molar-refractivity contribution is 0.0989. The lowest BCUT2D eigenvalue weighted by Crippen LogP contribution is -2.12. The first kappa shape index (κ1) is 13.7. The molecule has 1 aromatic carbocycles. The highest BCUT2D eigenvalue weighted by Crippen LogP contribution is 2.21. The molecule has 0 fully saturated rings. The lowest BCUT2D eigenvalue weighted by atomic mass is 10.1. The lowest BCUT2D eigenvalue weighted by Gasteiger charge is -2.05. The Morgan fingerprint density at radius 3 is 3.00 bits per heavy atom. The van der Waals surface area contributed by atoms with Gasteiger partial charge in [0.25, 0.3) is 0 Å². The fourth-order valence-electron chi connectivity index (χ4n) is 1.78. The molecule has 0 bridgehead atoms. The van der Waals surface area contributed by atoms with Gasteiger partial charge in [0.1, 0.15) is 18.0 Å². The SMILES string of the molecule is CCCn1ncnc1CC(=O)c1cccc(F)c1Cl. The zero-order valence-electron chi connectivity index (χ0n) is 10.4. The van der Waals surface area contributed by atoms with Crippen LogP contribution in [0.1, 0.15) is 29.5 Å². The van der Waals surface area contributed by atoms with Gasteiger partial charge in [-0.1, -0.05) is 24.6 Å². The molecule has 0 N–H and O–H groups in total. The molecule has 1 aromatic heterocycles. The first-order chi connectivity index (χ1) is 9.13. The number of rotatable bonds is 5. The summed E-state index contributed by atoms with van der Waals surface area (Å²) in [6, 6.07) is 4.19. The second-order valence-electron chi connectivity index (χ2n) is 4.10. The van der Waals surface area contributed by atoms with Gasteiger partial charge in [-0.3, -0.25) is 4.79 Å². The first-order valence-electron chi connectivity index (χ1n) is 5.97. The smallest absolute Gasteiger partial charge is 0.172 e. The molecule has 0 aliphatic rings. The van der Waals surface area contributed by atoms with Crippen molar-refractivity contribution in [3.05, 3.63) is 46.8 Å². The summed E-state index contributed by atoms with van der Waals surface area (Å²) in [7, 11) is 0. The fourth-order valence-corrected chi connectivity index (χ4v) is 2.01. The Morgan fingerprint density at radius 2 is 2.26 bits per heavy atom. The number of aromatic nitrogens is 3. The van der Waals surface area contributed by atoms with Crippen LogP contribution in [0.25, 0.3) is 0 Å². The van der Waals surface area contributed by atoms with Crippen LogP contribution in [-0.4, -0.2) is 20.5 Å². The second kappa shape index (κ2) is 5.93. The van der Waals surface area contributed by atoms with Crippen LogP contribution in [0.15, 0.2) is 24.5 Å². The number of Topliss-reactive ketones (excluding diaryl/α,β-unsaturated/α-hetero) is 1. The molecule has 0 aliphatic carbocycles. The highest BCUT2D eigenvalue weighted by atomic mass is 35.5. The Balaban J connectivity index is 2.21. The van der Waals surface area contributed by atoms with E-state index in [4.69, 9.17) is 11.6 Å². The molecule has 0 aliphatic heterocycles. The number of halogens is 2. The Bertz CT molecular complexity index is 597. The molecule has 1 heterocycles. The number of carbonyl (C=O) groups is 1. The summed E-state index contributed by atoms with van der Waals surface area (Å²) in [6.45, 7) is 2.70. The van der Waals surface area contributed by atoms with Gasteiger partial charge < -0.3 is 0 Å². The standard InChI is InChI=1S/C13H13ClFN3O/c1-2-6-18-12(16-8-17-18)7-11(19)9-4-3-5-10(15)13(9)14/h3-5,8H,2,6-7H2,1H3. The van der Waals surface area contributed by atoms with Gasteiger partial charge in [-0.05, 0) is 18.6 Å². The van der Waals surface area contributed by atoms with Crippen molar-refractivity contribution in [2.24, 2.45) is 0 Å². The quantitative estimate of drug-likeness (QED) is 0.792. The molecule has 2 aromatic rings. The van der Waals surface area contributed by atoms with Crippen LogP contribution in [0.4, 0.5) is 4.39 Å². The number of carbonyl (C=O) groups excluding carboxylic acids is 1. The predicted octanol–water partition coefficient (Wildman–Crippen LogP) is 2.91. The van der Waals surface area contributed by atoms with E-state index in [1.165, 1.54) is 24.5 Å². The maximum absolute atomic E-state index is 13.3. The van der Waals surface area contributed by atoms with Crippen molar-refractivity contribution >= 4 is 17.4 Å². The normalized spacial score (nSPS) is 10.7. The zero-order valence-corrected chi connectivity index (χ0v) is 11.2. The molecule has 0 saturated heterocycles. The Hall–Kier alpha value is -1.75. The molecule has 0 saturated carbocycles. The third-order valence-corrected chi connectivity index (χ3v) is 3.09. The molecule has 0 unspecified atom stereocenters. The van der Waals surface area contributed by atoms with Gasteiger partial charge in [-0.25, -0.2) is 14.1 Å². The zero-order chi connectivity index (χ0) is 13.8. The van der Waals surface area contributed by atoms with Gasteiger partial charge in [-0.15, -0.1) is 0 Å². The molecule has 4 nitrogen and oxygen atoms in total. The largest absolute Gasteiger partial charge is 0.294 e. The second-order valence-corrected chi connectivity index (χ2v) is 4.48. The van der Waals surface area contributed by atoms with Gasteiger partial charge >= 0.3 is 0 Å². The third-order valence-electron chi connectivity index (χ3n) is 2.70. The highest BCUT2D eigenvalue weighted by Gasteiger charge is 2.16. The summed E-state index contributed by atoms with van der Waals surface area (Å²) in [6.07, 6.45) is 2.36. The van der Waals surface area contributed by atoms with Crippen molar-refractivity contribution in [1.29, 1.82) is 0 Å². The van der Waals surface area contributed by atoms with Crippen LogP contribution in [0.5, 0.6) is 0 Å². The molecule has 0 atom stereocenters. The van der Waals surface area contributed by atoms with Crippen LogP contribution >= 0.6 is 11.6 Å². The molecule has 19 heavy (non-hydrogen) atoms. The monoisotopic (exact) mass is 281 g/mol. The van der Waals surface area contributed by atoms with Gasteiger partial charge in [-0.2, -0.15) is 5.10 Å². The van der Waals surface area contributed by atoms with Crippen molar-refractivity contribution in [2.45, 2.75) is 26.3 Å². The maximum Gasteiger partial charge on any atom is 0.172 e. The van der Waals surface area contributed by atoms with Gasteiger partial charge in [0.2, 0.25) is 0 Å². The number of hydrogen-bond donors (Lipinski definition) is 0. The molecule has 0 spiro atoms. The van der Waals surface area contributed by atoms with Gasteiger partial charge in [0, 0.05) is 12.1 Å². The number of aryl methyl sites for hydroxylation is 1. The van der Waals surface area contributed by atoms with Crippen LogP contribution < -0.4 is 0 Å². The third kappa shape index (κ3) is 2.98. The highest BCUT2D eigenvalue weighted by molar-refractivity contribution is 6.34.